The topological polar surface area (TPSA) is 26.0 Å². The predicted molar refractivity (Wildman–Crippen MR) is 64.1 cm³/mol. The molecule has 2 rings (SSSR count). The lowest BCUT2D eigenvalue weighted by Crippen LogP contribution is -2.05. The van der Waals surface area contributed by atoms with Crippen molar-refractivity contribution in [3.8, 4) is 0 Å². The third-order valence-electron chi connectivity index (χ3n) is 2.65. The van der Waals surface area contributed by atoms with Crippen LogP contribution in [-0.2, 0) is 6.42 Å². The highest BCUT2D eigenvalue weighted by Gasteiger charge is 2.09. The molecule has 1 nitrogen and oxygen atoms in total. The summed E-state index contributed by atoms with van der Waals surface area (Å²) in [4.78, 5) is 0. The molecule has 0 saturated carbocycles. The lowest BCUT2D eigenvalue weighted by Gasteiger charge is -2.16. The fourth-order valence-corrected chi connectivity index (χ4v) is 2.31. The Hall–Kier alpha value is -0.600. The molecule has 0 radical (unpaired) electrons. The Labute approximate surface area is 93.1 Å². The Balaban J connectivity index is 2.30. The third-order valence-corrected chi connectivity index (χ3v) is 3.14. The highest BCUT2D eigenvalue weighted by atomic mass is 79.9. The number of halogens is 1. The van der Waals surface area contributed by atoms with E-state index in [0.29, 0.717) is 0 Å². The minimum atomic E-state index is 0.762. The highest BCUT2D eigenvalue weighted by molar-refractivity contribution is 9.10. The van der Waals surface area contributed by atoms with Gasteiger partial charge in [-0.25, -0.2) is 0 Å². The van der Waals surface area contributed by atoms with E-state index in [2.05, 4.69) is 40.2 Å². The average Bonchev–Trinajstić information content (AvgIpc) is 2.19. The molecule has 1 aliphatic carbocycles. The lowest BCUT2D eigenvalue weighted by atomic mass is 9.91. The molecular weight excluding hydrogens is 238 g/mol. The first kappa shape index (κ1) is 9.94. The Morgan fingerprint density at radius 3 is 2.93 bits per heavy atom. The summed E-state index contributed by atoms with van der Waals surface area (Å²) in [5.41, 5.74) is 9.85. The zero-order valence-corrected chi connectivity index (χ0v) is 9.68. The Bertz CT molecular complexity index is 369. The van der Waals surface area contributed by atoms with Crippen LogP contribution < -0.4 is 5.73 Å². The summed E-state index contributed by atoms with van der Waals surface area (Å²) in [7, 11) is 0. The number of benzene rings is 1. The van der Waals surface area contributed by atoms with Crippen LogP contribution in [0, 0.1) is 0 Å². The van der Waals surface area contributed by atoms with E-state index in [1.54, 1.807) is 0 Å². The summed E-state index contributed by atoms with van der Waals surface area (Å²) >= 11 is 3.50. The molecule has 0 heterocycles. The molecule has 0 amide bonds. The van der Waals surface area contributed by atoms with Crippen LogP contribution in [0.15, 0.2) is 28.2 Å². The van der Waals surface area contributed by atoms with Crippen molar-refractivity contribution in [2.75, 3.05) is 6.54 Å². The third kappa shape index (κ3) is 2.07. The van der Waals surface area contributed by atoms with E-state index in [0.717, 1.165) is 19.4 Å². The second-order valence-electron chi connectivity index (χ2n) is 3.68. The molecule has 2 heteroatoms. The van der Waals surface area contributed by atoms with Crippen molar-refractivity contribution in [2.24, 2.45) is 5.73 Å². The van der Waals surface area contributed by atoms with Crippen LogP contribution in [0.25, 0.3) is 6.08 Å². The van der Waals surface area contributed by atoms with Gasteiger partial charge in [0.05, 0.1) is 0 Å². The van der Waals surface area contributed by atoms with Crippen LogP contribution in [0.2, 0.25) is 0 Å². The molecule has 0 unspecified atom stereocenters. The van der Waals surface area contributed by atoms with Crippen LogP contribution in [0.3, 0.4) is 0 Å². The number of fused-ring (bicyclic) bond motifs is 1. The predicted octanol–water partition coefficient (Wildman–Crippen LogP) is 3.13. The monoisotopic (exact) mass is 251 g/mol. The van der Waals surface area contributed by atoms with Crippen molar-refractivity contribution in [2.45, 2.75) is 19.3 Å². The zero-order chi connectivity index (χ0) is 9.97. The number of hydrogen-bond acceptors (Lipinski definition) is 1. The fourth-order valence-electron chi connectivity index (χ4n) is 1.90. The van der Waals surface area contributed by atoms with Crippen molar-refractivity contribution in [1.29, 1.82) is 0 Å². The van der Waals surface area contributed by atoms with E-state index in [-0.39, 0.29) is 0 Å². The molecule has 0 atom stereocenters. The summed E-state index contributed by atoms with van der Waals surface area (Å²) in [5.74, 6) is 0. The maximum Gasteiger partial charge on any atom is 0.0178 e. The molecule has 1 aromatic carbocycles. The standard InChI is InChI=1S/C12H14BrN/c13-12-4-3-10-7-9(5-6-14)1-2-11(10)8-12/h3-4,7-8H,1-2,5-6,14H2. The lowest BCUT2D eigenvalue weighted by molar-refractivity contribution is 0.836. The first-order valence-corrected chi connectivity index (χ1v) is 5.77. The van der Waals surface area contributed by atoms with Crippen LogP contribution in [0.4, 0.5) is 0 Å². The van der Waals surface area contributed by atoms with E-state index >= 15 is 0 Å². The summed E-state index contributed by atoms with van der Waals surface area (Å²) in [5, 5.41) is 0. The van der Waals surface area contributed by atoms with Crippen molar-refractivity contribution in [3.63, 3.8) is 0 Å². The van der Waals surface area contributed by atoms with Crippen molar-refractivity contribution in [1.82, 2.24) is 0 Å². The fraction of sp³-hybridized carbons (Fsp3) is 0.333. The molecule has 1 aromatic rings. The van der Waals surface area contributed by atoms with E-state index in [9.17, 15) is 0 Å². The molecule has 0 saturated heterocycles. The van der Waals surface area contributed by atoms with E-state index < -0.39 is 0 Å². The van der Waals surface area contributed by atoms with Gasteiger partial charge in [-0.15, -0.1) is 0 Å². The van der Waals surface area contributed by atoms with Gasteiger partial charge in [0.25, 0.3) is 0 Å². The van der Waals surface area contributed by atoms with Gasteiger partial charge in [0.2, 0.25) is 0 Å². The molecule has 1 aliphatic rings. The van der Waals surface area contributed by atoms with Gasteiger partial charge in [0.15, 0.2) is 0 Å². The molecule has 0 spiro atoms. The second-order valence-corrected chi connectivity index (χ2v) is 4.60. The van der Waals surface area contributed by atoms with Gasteiger partial charge in [0.1, 0.15) is 0 Å². The van der Waals surface area contributed by atoms with Crippen LogP contribution in [0.1, 0.15) is 24.0 Å². The van der Waals surface area contributed by atoms with Crippen LogP contribution >= 0.6 is 15.9 Å². The largest absolute Gasteiger partial charge is 0.330 e. The summed E-state index contributed by atoms with van der Waals surface area (Å²) in [6.45, 7) is 0.762. The molecule has 14 heavy (non-hydrogen) atoms. The minimum absolute atomic E-state index is 0.762. The van der Waals surface area contributed by atoms with Crippen LogP contribution in [-0.4, -0.2) is 6.54 Å². The first-order chi connectivity index (χ1) is 6.79. The molecule has 0 aromatic heterocycles. The van der Waals surface area contributed by atoms with Gasteiger partial charge in [-0.2, -0.15) is 0 Å². The SMILES string of the molecule is NCCC1=Cc2ccc(Br)cc2CC1. The number of rotatable bonds is 2. The Morgan fingerprint density at radius 1 is 1.29 bits per heavy atom. The van der Waals surface area contributed by atoms with Crippen molar-refractivity contribution < 1.29 is 0 Å². The van der Waals surface area contributed by atoms with Crippen molar-refractivity contribution in [3.05, 3.63) is 39.4 Å². The zero-order valence-electron chi connectivity index (χ0n) is 8.09. The molecular formula is C12H14BrN. The van der Waals surface area contributed by atoms with E-state index in [1.165, 1.54) is 27.6 Å². The van der Waals surface area contributed by atoms with Gasteiger partial charge in [-0.3, -0.25) is 0 Å². The summed E-state index contributed by atoms with van der Waals surface area (Å²) in [6, 6.07) is 6.49. The number of hydrogen-bond donors (Lipinski definition) is 1. The van der Waals surface area contributed by atoms with Gasteiger partial charge < -0.3 is 5.73 Å². The van der Waals surface area contributed by atoms with Gasteiger partial charge in [-0.05, 0) is 49.1 Å². The first-order valence-electron chi connectivity index (χ1n) is 4.97. The van der Waals surface area contributed by atoms with Crippen LogP contribution in [0.5, 0.6) is 0 Å². The molecule has 2 N–H and O–H groups in total. The molecule has 0 bridgehead atoms. The maximum atomic E-state index is 5.56. The molecule has 0 aliphatic heterocycles. The average molecular weight is 252 g/mol. The van der Waals surface area contributed by atoms with E-state index in [1.807, 2.05) is 0 Å². The Morgan fingerprint density at radius 2 is 2.14 bits per heavy atom. The normalized spacial score (nSPS) is 14.9. The number of nitrogens with two attached hydrogens (primary N) is 1. The highest BCUT2D eigenvalue weighted by Crippen LogP contribution is 2.27. The second kappa shape index (κ2) is 4.28. The quantitative estimate of drug-likeness (QED) is 0.859. The van der Waals surface area contributed by atoms with Gasteiger partial charge in [-0.1, -0.05) is 33.6 Å². The van der Waals surface area contributed by atoms with E-state index in [4.69, 9.17) is 5.73 Å². The minimum Gasteiger partial charge on any atom is -0.330 e. The molecule has 74 valence electrons. The summed E-state index contributed by atoms with van der Waals surface area (Å²) in [6.07, 6.45) is 5.65. The van der Waals surface area contributed by atoms with Crippen molar-refractivity contribution >= 4 is 22.0 Å². The molecule has 0 fully saturated rings. The number of aryl methyl sites for hydroxylation is 1. The Kier molecular flexibility index (Phi) is 3.04. The van der Waals surface area contributed by atoms with Gasteiger partial charge in [0, 0.05) is 4.47 Å². The smallest absolute Gasteiger partial charge is 0.0178 e. The van der Waals surface area contributed by atoms with Gasteiger partial charge >= 0.3 is 0 Å². The maximum absolute atomic E-state index is 5.56. The summed E-state index contributed by atoms with van der Waals surface area (Å²) < 4.78 is 1.17.